The second-order valence-electron chi connectivity index (χ2n) is 9.15. The van der Waals surface area contributed by atoms with Gasteiger partial charge in [0.1, 0.15) is 5.82 Å². The lowest BCUT2D eigenvalue weighted by atomic mass is 10.0. The highest BCUT2D eigenvalue weighted by atomic mass is 35.5. The lowest BCUT2D eigenvalue weighted by Crippen LogP contribution is -2.32. The third-order valence-corrected chi connectivity index (χ3v) is 6.91. The van der Waals surface area contributed by atoms with Crippen LogP contribution in [0.1, 0.15) is 49.9 Å². The number of nitrogens with one attached hydrogen (secondary N) is 1. The first-order valence-electron chi connectivity index (χ1n) is 12.1. The summed E-state index contributed by atoms with van der Waals surface area (Å²) in [6.45, 7) is 3.69. The fraction of sp³-hybridized carbons (Fsp3) is 0.370. The van der Waals surface area contributed by atoms with Gasteiger partial charge in [0.15, 0.2) is 0 Å². The van der Waals surface area contributed by atoms with E-state index in [4.69, 9.17) is 16.6 Å². The van der Waals surface area contributed by atoms with Gasteiger partial charge in [0.2, 0.25) is 5.91 Å². The van der Waals surface area contributed by atoms with Crippen LogP contribution in [0.4, 0.5) is 5.69 Å². The van der Waals surface area contributed by atoms with Crippen LogP contribution in [-0.2, 0) is 11.3 Å². The molecule has 7 heteroatoms. The second-order valence-corrected chi connectivity index (χ2v) is 9.59. The Morgan fingerprint density at radius 2 is 1.82 bits per heavy atom. The van der Waals surface area contributed by atoms with Crippen LogP contribution in [-0.4, -0.2) is 40.0 Å². The molecule has 2 aliphatic heterocycles. The third-order valence-electron chi connectivity index (χ3n) is 6.67. The van der Waals surface area contributed by atoms with Crippen molar-refractivity contribution in [1.29, 1.82) is 0 Å². The van der Waals surface area contributed by atoms with Crippen LogP contribution in [0.2, 0.25) is 5.02 Å². The summed E-state index contributed by atoms with van der Waals surface area (Å²) in [6.07, 6.45) is 8.11. The Labute approximate surface area is 204 Å². The van der Waals surface area contributed by atoms with Crippen LogP contribution >= 0.6 is 11.6 Å². The van der Waals surface area contributed by atoms with Crippen molar-refractivity contribution in [1.82, 2.24) is 14.5 Å². The summed E-state index contributed by atoms with van der Waals surface area (Å²) < 4.78 is 1.77. The summed E-state index contributed by atoms with van der Waals surface area (Å²) >= 11 is 6.13. The number of halogens is 1. The minimum atomic E-state index is -0.0233. The molecule has 1 fully saturated rings. The van der Waals surface area contributed by atoms with Gasteiger partial charge in [0, 0.05) is 30.2 Å². The highest BCUT2D eigenvalue weighted by Crippen LogP contribution is 2.28. The number of aromatic nitrogens is 2. The highest BCUT2D eigenvalue weighted by molar-refractivity contribution is 6.31. The standard InChI is InChI=1S/C27H29ClN4O2/c28-21-8-11-23-24(18-21)30-26-20(5-4-15-32(26)27(23)34)17-19-6-9-22(10-7-19)29-25(33)12-16-31-13-2-1-3-14-31/h6-11,17-18H,1-5,12-16H2,(H,29,33)/b20-17+. The summed E-state index contributed by atoms with van der Waals surface area (Å²) in [5, 5.41) is 4.17. The molecule has 3 heterocycles. The Hall–Kier alpha value is -2.96. The van der Waals surface area contributed by atoms with Gasteiger partial charge < -0.3 is 10.2 Å². The van der Waals surface area contributed by atoms with E-state index in [1.54, 1.807) is 22.8 Å². The van der Waals surface area contributed by atoms with Crippen molar-refractivity contribution in [2.45, 2.75) is 45.1 Å². The van der Waals surface area contributed by atoms with Gasteiger partial charge in [0.25, 0.3) is 5.56 Å². The van der Waals surface area contributed by atoms with E-state index >= 15 is 0 Å². The monoisotopic (exact) mass is 476 g/mol. The summed E-state index contributed by atoms with van der Waals surface area (Å²) in [6, 6.07) is 13.0. The largest absolute Gasteiger partial charge is 0.326 e. The Kier molecular flexibility index (Phi) is 6.79. The molecule has 0 radical (unpaired) electrons. The van der Waals surface area contributed by atoms with Crippen LogP contribution in [0, 0.1) is 0 Å². The zero-order chi connectivity index (χ0) is 23.5. The molecule has 1 saturated heterocycles. The van der Waals surface area contributed by atoms with E-state index in [0.29, 0.717) is 34.7 Å². The number of hydrogen-bond acceptors (Lipinski definition) is 4. The van der Waals surface area contributed by atoms with E-state index < -0.39 is 0 Å². The van der Waals surface area contributed by atoms with Gasteiger partial charge in [0.05, 0.1) is 10.9 Å². The van der Waals surface area contributed by atoms with Crippen molar-refractivity contribution in [2.24, 2.45) is 0 Å². The molecule has 1 N–H and O–H groups in total. The van der Waals surface area contributed by atoms with Crippen LogP contribution in [0.5, 0.6) is 0 Å². The minimum absolute atomic E-state index is 0.0233. The molecule has 1 aromatic heterocycles. The number of benzene rings is 2. The van der Waals surface area contributed by atoms with Crippen LogP contribution in [0.3, 0.4) is 0 Å². The van der Waals surface area contributed by atoms with Gasteiger partial charge in [-0.1, -0.05) is 30.2 Å². The number of carbonyl (C=O) groups is 1. The molecule has 0 spiro atoms. The molecule has 176 valence electrons. The van der Waals surface area contributed by atoms with E-state index in [-0.39, 0.29) is 11.5 Å². The van der Waals surface area contributed by atoms with Crippen molar-refractivity contribution in [3.05, 3.63) is 69.2 Å². The predicted octanol–water partition coefficient (Wildman–Crippen LogP) is 5.20. The molecule has 0 bridgehead atoms. The Balaban J connectivity index is 1.30. The molecule has 6 nitrogen and oxygen atoms in total. The smallest absolute Gasteiger partial charge is 0.261 e. The van der Waals surface area contributed by atoms with Gasteiger partial charge in [-0.15, -0.1) is 0 Å². The molecule has 0 unspecified atom stereocenters. The summed E-state index contributed by atoms with van der Waals surface area (Å²) in [4.78, 5) is 32.5. The number of anilines is 1. The lowest BCUT2D eigenvalue weighted by molar-refractivity contribution is -0.116. The summed E-state index contributed by atoms with van der Waals surface area (Å²) in [5.74, 6) is 0.758. The van der Waals surface area contributed by atoms with Crippen molar-refractivity contribution >= 4 is 45.7 Å². The molecule has 3 aromatic rings. The quantitative estimate of drug-likeness (QED) is 0.549. The number of piperidine rings is 1. The molecule has 5 rings (SSSR count). The van der Waals surface area contributed by atoms with Gasteiger partial charge in [-0.3, -0.25) is 14.2 Å². The number of nitrogens with zero attached hydrogens (tertiary/aromatic N) is 3. The Morgan fingerprint density at radius 3 is 2.62 bits per heavy atom. The zero-order valence-electron chi connectivity index (χ0n) is 19.2. The summed E-state index contributed by atoms with van der Waals surface area (Å²) in [5.41, 5.74) is 3.44. The van der Waals surface area contributed by atoms with E-state index in [9.17, 15) is 9.59 Å². The average molecular weight is 477 g/mol. The molecule has 0 aliphatic carbocycles. The third kappa shape index (κ3) is 5.08. The summed E-state index contributed by atoms with van der Waals surface area (Å²) in [7, 11) is 0. The first-order chi connectivity index (χ1) is 16.6. The van der Waals surface area contributed by atoms with E-state index in [1.807, 2.05) is 24.3 Å². The van der Waals surface area contributed by atoms with Crippen molar-refractivity contribution in [3.63, 3.8) is 0 Å². The molecule has 1 amide bonds. The number of allylic oxidation sites excluding steroid dienone is 1. The van der Waals surface area contributed by atoms with Gasteiger partial charge >= 0.3 is 0 Å². The number of amides is 1. The Bertz CT molecular complexity index is 1290. The fourth-order valence-electron chi connectivity index (χ4n) is 4.85. The van der Waals surface area contributed by atoms with Crippen LogP contribution in [0.15, 0.2) is 47.3 Å². The molecular weight excluding hydrogens is 448 g/mol. The maximum atomic E-state index is 13.0. The molecule has 2 aliphatic rings. The molecule has 0 atom stereocenters. The number of rotatable bonds is 5. The minimum Gasteiger partial charge on any atom is -0.326 e. The van der Waals surface area contributed by atoms with Gasteiger partial charge in [-0.25, -0.2) is 4.98 Å². The SMILES string of the molecule is O=C(CCN1CCCCC1)Nc1ccc(/C=C2\CCCn3c2nc2cc(Cl)ccc2c3=O)cc1. The number of carbonyl (C=O) groups excluding carboxylic acids is 1. The average Bonchev–Trinajstić information content (AvgIpc) is 2.85. The topological polar surface area (TPSA) is 67.2 Å². The van der Waals surface area contributed by atoms with Crippen molar-refractivity contribution < 1.29 is 4.79 Å². The maximum absolute atomic E-state index is 13.0. The maximum Gasteiger partial charge on any atom is 0.261 e. The number of hydrogen-bond donors (Lipinski definition) is 1. The van der Waals surface area contributed by atoms with E-state index in [0.717, 1.165) is 49.3 Å². The highest BCUT2D eigenvalue weighted by Gasteiger charge is 2.19. The molecule has 2 aromatic carbocycles. The first kappa shape index (κ1) is 22.8. The van der Waals surface area contributed by atoms with Crippen LogP contribution < -0.4 is 10.9 Å². The van der Waals surface area contributed by atoms with E-state index in [1.165, 1.54) is 19.3 Å². The first-order valence-corrected chi connectivity index (χ1v) is 12.5. The zero-order valence-corrected chi connectivity index (χ0v) is 20.0. The van der Waals surface area contributed by atoms with E-state index in [2.05, 4.69) is 16.3 Å². The van der Waals surface area contributed by atoms with Crippen molar-refractivity contribution in [3.8, 4) is 0 Å². The Morgan fingerprint density at radius 1 is 1.03 bits per heavy atom. The number of likely N-dealkylation sites (tertiary alicyclic amines) is 1. The molecule has 34 heavy (non-hydrogen) atoms. The van der Waals surface area contributed by atoms with Gasteiger partial charge in [-0.05, 0) is 86.3 Å². The predicted molar refractivity (Wildman–Crippen MR) is 138 cm³/mol. The fourth-order valence-corrected chi connectivity index (χ4v) is 5.02. The second kappa shape index (κ2) is 10.1. The van der Waals surface area contributed by atoms with Crippen molar-refractivity contribution in [2.75, 3.05) is 25.0 Å². The lowest BCUT2D eigenvalue weighted by Gasteiger charge is -2.25. The van der Waals surface area contributed by atoms with Crippen LogP contribution in [0.25, 0.3) is 22.6 Å². The number of fused-ring (bicyclic) bond motifs is 2. The molecular formula is C27H29ClN4O2. The normalized spacial score (nSPS) is 17.6. The van der Waals surface area contributed by atoms with Gasteiger partial charge in [-0.2, -0.15) is 0 Å². The molecule has 0 saturated carbocycles.